The molecule has 35 heavy (non-hydrogen) atoms. The first-order chi connectivity index (χ1) is 16.9. The Hall–Kier alpha value is -3.62. The monoisotopic (exact) mass is 489 g/mol. The molecule has 0 bridgehead atoms. The van der Waals surface area contributed by atoms with E-state index in [0.717, 1.165) is 53.0 Å². The predicted octanol–water partition coefficient (Wildman–Crippen LogP) is 5.12. The van der Waals surface area contributed by atoms with Crippen molar-refractivity contribution in [2.45, 2.75) is 19.4 Å². The van der Waals surface area contributed by atoms with Gasteiger partial charge in [0.15, 0.2) is 0 Å². The largest absolute Gasteiger partial charge is 0.368 e. The van der Waals surface area contributed by atoms with Gasteiger partial charge in [-0.1, -0.05) is 29.8 Å². The summed E-state index contributed by atoms with van der Waals surface area (Å²) in [7, 11) is 4.21. The van der Waals surface area contributed by atoms with Crippen LogP contribution in [-0.4, -0.2) is 59.0 Å². The molecule has 1 fully saturated rings. The number of likely N-dealkylation sites (N-methyl/N-ethyl adjacent to an activating group) is 1. The lowest BCUT2D eigenvalue weighted by atomic mass is 10.1. The van der Waals surface area contributed by atoms with E-state index in [1.807, 2.05) is 48.7 Å². The van der Waals surface area contributed by atoms with Crippen LogP contribution in [0.3, 0.4) is 0 Å². The maximum atomic E-state index is 11.9. The van der Waals surface area contributed by atoms with E-state index in [0.29, 0.717) is 22.7 Å². The SMILES string of the molecule is CC(=O)Nc1cc(Nc2ncc(Cl)c(-c3c[nH]c4ccccc34)n2)ccc1N1CCC(N(C)C)C1. The van der Waals surface area contributed by atoms with E-state index in [1.165, 1.54) is 6.92 Å². The molecule has 5 rings (SSSR count). The number of aromatic amines is 1. The zero-order valence-electron chi connectivity index (χ0n) is 20.0. The first kappa shape index (κ1) is 23.1. The Morgan fingerprint density at radius 2 is 2.06 bits per heavy atom. The molecule has 1 unspecified atom stereocenters. The summed E-state index contributed by atoms with van der Waals surface area (Å²) in [6.07, 6.45) is 4.59. The van der Waals surface area contributed by atoms with Crippen LogP contribution >= 0.6 is 11.6 Å². The van der Waals surface area contributed by atoms with E-state index in [4.69, 9.17) is 16.6 Å². The summed E-state index contributed by atoms with van der Waals surface area (Å²) in [6, 6.07) is 14.4. The number of nitrogens with one attached hydrogen (secondary N) is 3. The van der Waals surface area contributed by atoms with Crippen molar-refractivity contribution in [3.05, 3.63) is 59.9 Å². The molecule has 3 heterocycles. The van der Waals surface area contributed by atoms with Gasteiger partial charge in [-0.3, -0.25) is 4.79 Å². The second-order valence-electron chi connectivity index (χ2n) is 9.03. The summed E-state index contributed by atoms with van der Waals surface area (Å²) < 4.78 is 0. The van der Waals surface area contributed by atoms with Crippen LogP contribution in [-0.2, 0) is 4.79 Å². The number of benzene rings is 2. The summed E-state index contributed by atoms with van der Waals surface area (Å²) >= 11 is 6.48. The minimum Gasteiger partial charge on any atom is -0.368 e. The number of aromatic nitrogens is 3. The summed E-state index contributed by atoms with van der Waals surface area (Å²) in [4.78, 5) is 28.8. The van der Waals surface area contributed by atoms with Gasteiger partial charge in [0.05, 0.1) is 28.3 Å². The second-order valence-corrected chi connectivity index (χ2v) is 9.44. The Bertz CT molecular complexity index is 1380. The fraction of sp³-hybridized carbons (Fsp3) is 0.269. The number of halogens is 1. The number of fused-ring (bicyclic) bond motifs is 1. The average molecular weight is 490 g/mol. The fourth-order valence-electron chi connectivity index (χ4n) is 4.57. The first-order valence-corrected chi connectivity index (χ1v) is 12.0. The number of nitrogens with zero attached hydrogens (tertiary/aromatic N) is 4. The minimum atomic E-state index is -0.115. The molecular weight excluding hydrogens is 462 g/mol. The smallest absolute Gasteiger partial charge is 0.227 e. The van der Waals surface area contributed by atoms with Gasteiger partial charge >= 0.3 is 0 Å². The third-order valence-electron chi connectivity index (χ3n) is 6.39. The van der Waals surface area contributed by atoms with Crippen LogP contribution in [0.2, 0.25) is 5.02 Å². The fourth-order valence-corrected chi connectivity index (χ4v) is 4.77. The molecule has 4 aromatic rings. The van der Waals surface area contributed by atoms with Crippen molar-refractivity contribution in [2.75, 3.05) is 42.7 Å². The third kappa shape index (κ3) is 4.80. The molecule has 0 spiro atoms. The molecule has 3 N–H and O–H groups in total. The van der Waals surface area contributed by atoms with Crippen LogP contribution in [0.15, 0.2) is 54.9 Å². The lowest BCUT2D eigenvalue weighted by Crippen LogP contribution is -2.31. The highest BCUT2D eigenvalue weighted by Crippen LogP contribution is 2.35. The lowest BCUT2D eigenvalue weighted by molar-refractivity contribution is -0.114. The van der Waals surface area contributed by atoms with Crippen LogP contribution in [0, 0.1) is 0 Å². The Morgan fingerprint density at radius 3 is 2.83 bits per heavy atom. The number of rotatable bonds is 6. The highest BCUT2D eigenvalue weighted by molar-refractivity contribution is 6.33. The van der Waals surface area contributed by atoms with Crippen LogP contribution in [0.1, 0.15) is 13.3 Å². The van der Waals surface area contributed by atoms with Crippen molar-refractivity contribution in [2.24, 2.45) is 0 Å². The van der Waals surface area contributed by atoms with E-state index < -0.39 is 0 Å². The Kier molecular flexibility index (Phi) is 6.32. The van der Waals surface area contributed by atoms with Crippen LogP contribution < -0.4 is 15.5 Å². The topological polar surface area (TPSA) is 89.2 Å². The molecule has 1 saturated heterocycles. The zero-order valence-corrected chi connectivity index (χ0v) is 20.7. The summed E-state index contributed by atoms with van der Waals surface area (Å²) in [6.45, 7) is 3.38. The van der Waals surface area contributed by atoms with E-state index in [-0.39, 0.29) is 5.91 Å². The van der Waals surface area contributed by atoms with Crippen molar-refractivity contribution >= 4 is 51.4 Å². The van der Waals surface area contributed by atoms with Crippen molar-refractivity contribution in [1.29, 1.82) is 0 Å². The maximum Gasteiger partial charge on any atom is 0.227 e. The molecule has 1 aliphatic heterocycles. The van der Waals surface area contributed by atoms with E-state index in [9.17, 15) is 4.79 Å². The van der Waals surface area contributed by atoms with Crippen molar-refractivity contribution in [1.82, 2.24) is 19.9 Å². The molecule has 0 radical (unpaired) electrons. The van der Waals surface area contributed by atoms with E-state index in [1.54, 1.807) is 6.20 Å². The molecule has 1 aliphatic rings. The van der Waals surface area contributed by atoms with Gasteiger partial charge in [0.25, 0.3) is 0 Å². The standard InChI is InChI=1S/C26H28ClN7O/c1-16(35)30-23-12-17(8-9-24(23)34-11-10-18(15-34)33(2)3)31-26-29-14-21(27)25(32-26)20-13-28-22-7-5-4-6-19(20)22/h4-9,12-14,18,28H,10-11,15H2,1-3H3,(H,30,35)(H,29,31,32). The van der Waals surface area contributed by atoms with Gasteiger partial charge in [-0.05, 0) is 44.8 Å². The predicted molar refractivity (Wildman–Crippen MR) is 143 cm³/mol. The normalized spacial score (nSPS) is 15.7. The van der Waals surface area contributed by atoms with Gasteiger partial charge in [-0.15, -0.1) is 0 Å². The molecule has 180 valence electrons. The van der Waals surface area contributed by atoms with Crippen LogP contribution in [0.25, 0.3) is 22.2 Å². The molecule has 0 saturated carbocycles. The van der Waals surface area contributed by atoms with Gasteiger partial charge in [0.2, 0.25) is 11.9 Å². The molecule has 8 nitrogen and oxygen atoms in total. The highest BCUT2D eigenvalue weighted by Gasteiger charge is 2.26. The maximum absolute atomic E-state index is 11.9. The van der Waals surface area contributed by atoms with Crippen LogP contribution in [0.4, 0.5) is 23.0 Å². The van der Waals surface area contributed by atoms with Gasteiger partial charge in [-0.2, -0.15) is 0 Å². The number of H-pyrrole nitrogens is 1. The summed E-state index contributed by atoms with van der Waals surface area (Å²) in [5, 5.41) is 7.77. The lowest BCUT2D eigenvalue weighted by Gasteiger charge is -2.24. The molecular formula is C26H28ClN7O. The molecule has 1 amide bonds. The Labute approximate surface area is 209 Å². The minimum absolute atomic E-state index is 0.115. The second kappa shape index (κ2) is 9.56. The van der Waals surface area contributed by atoms with Crippen molar-refractivity contribution in [3.63, 3.8) is 0 Å². The number of hydrogen-bond donors (Lipinski definition) is 3. The summed E-state index contributed by atoms with van der Waals surface area (Å²) in [5.41, 5.74) is 5.11. The number of carbonyl (C=O) groups excluding carboxylic acids is 1. The van der Waals surface area contributed by atoms with Crippen molar-refractivity contribution < 1.29 is 4.79 Å². The number of amides is 1. The van der Waals surface area contributed by atoms with Crippen LogP contribution in [0.5, 0.6) is 0 Å². The quantitative estimate of drug-likeness (QED) is 0.348. The average Bonchev–Trinajstić information content (AvgIpc) is 3.48. The van der Waals surface area contributed by atoms with Crippen molar-refractivity contribution in [3.8, 4) is 11.3 Å². The molecule has 2 aromatic heterocycles. The first-order valence-electron chi connectivity index (χ1n) is 11.6. The molecule has 2 aromatic carbocycles. The number of anilines is 4. The molecule has 1 atom stereocenters. The number of hydrogen-bond acceptors (Lipinski definition) is 6. The van der Waals surface area contributed by atoms with Gasteiger partial charge < -0.3 is 25.4 Å². The number of para-hydroxylation sites is 1. The van der Waals surface area contributed by atoms with E-state index >= 15 is 0 Å². The van der Waals surface area contributed by atoms with Gasteiger partial charge in [0, 0.05) is 54.4 Å². The van der Waals surface area contributed by atoms with Gasteiger partial charge in [0.1, 0.15) is 0 Å². The van der Waals surface area contributed by atoms with E-state index in [2.05, 4.69) is 44.5 Å². The molecule has 0 aliphatic carbocycles. The highest BCUT2D eigenvalue weighted by atomic mass is 35.5. The Balaban J connectivity index is 1.44. The van der Waals surface area contributed by atoms with Gasteiger partial charge in [-0.25, -0.2) is 9.97 Å². The third-order valence-corrected chi connectivity index (χ3v) is 6.66. The molecule has 9 heteroatoms. The number of carbonyl (C=O) groups is 1. The Morgan fingerprint density at radius 1 is 1.23 bits per heavy atom. The summed E-state index contributed by atoms with van der Waals surface area (Å²) in [5.74, 6) is 0.307. The zero-order chi connectivity index (χ0) is 24.5.